The zero-order chi connectivity index (χ0) is 13.7. The molecule has 0 fully saturated rings. The van der Waals surface area contributed by atoms with Gasteiger partial charge in [0.2, 0.25) is 0 Å². The van der Waals surface area contributed by atoms with Gasteiger partial charge in [0.15, 0.2) is 0 Å². The fraction of sp³-hybridized carbons (Fsp3) is 0.167. The summed E-state index contributed by atoms with van der Waals surface area (Å²) in [4.78, 5) is 23.4. The Bertz CT molecular complexity index is 572. The molecule has 0 bridgehead atoms. The number of ether oxygens (including phenoxy) is 1. The number of halogens is 1. The topological polar surface area (TPSA) is 79.4 Å². The number of carbonyl (C=O) groups excluding carboxylic acids is 1. The molecule has 1 heterocycles. The van der Waals surface area contributed by atoms with E-state index in [1.165, 1.54) is 7.11 Å². The van der Waals surface area contributed by atoms with Crippen molar-refractivity contribution in [2.75, 3.05) is 7.11 Å². The van der Waals surface area contributed by atoms with Crippen molar-refractivity contribution in [3.05, 3.63) is 34.4 Å². The first-order chi connectivity index (χ1) is 8.45. The number of methoxy groups -OCH3 is 1. The van der Waals surface area contributed by atoms with E-state index in [9.17, 15) is 4.79 Å². The van der Waals surface area contributed by atoms with E-state index in [1.54, 1.807) is 6.20 Å². The standard InChI is InChI=1S/C10H8BrNO2.C2H4O2/c1-14-10(13)8-5-12-9-3-2-6(11)4-7(8)9;1-2(3)4/h2-5,12H,1H3;1H3,(H,3,4). The molecule has 5 nitrogen and oxygen atoms in total. The Morgan fingerprint density at radius 1 is 1.39 bits per heavy atom. The van der Waals surface area contributed by atoms with E-state index in [2.05, 4.69) is 25.7 Å². The van der Waals surface area contributed by atoms with E-state index >= 15 is 0 Å². The average molecular weight is 314 g/mol. The van der Waals surface area contributed by atoms with Gasteiger partial charge in [-0.15, -0.1) is 0 Å². The highest BCUT2D eigenvalue weighted by Crippen LogP contribution is 2.22. The van der Waals surface area contributed by atoms with Crippen LogP contribution in [-0.2, 0) is 9.53 Å². The molecule has 1 aromatic heterocycles. The SMILES string of the molecule is CC(=O)O.COC(=O)c1c[nH]c2ccc(Br)cc12. The summed E-state index contributed by atoms with van der Waals surface area (Å²) in [6.45, 7) is 1.08. The van der Waals surface area contributed by atoms with E-state index in [-0.39, 0.29) is 5.97 Å². The highest BCUT2D eigenvalue weighted by Gasteiger charge is 2.11. The first-order valence-electron chi connectivity index (χ1n) is 5.00. The molecule has 1 aromatic carbocycles. The number of aromatic amines is 1. The lowest BCUT2D eigenvalue weighted by Gasteiger charge is -1.96. The number of nitrogens with one attached hydrogen (secondary N) is 1. The van der Waals surface area contributed by atoms with Gasteiger partial charge in [-0.1, -0.05) is 15.9 Å². The Labute approximate surface area is 112 Å². The summed E-state index contributed by atoms with van der Waals surface area (Å²) in [6.07, 6.45) is 1.66. The van der Waals surface area contributed by atoms with Gasteiger partial charge in [0.25, 0.3) is 5.97 Å². The largest absolute Gasteiger partial charge is 0.481 e. The van der Waals surface area contributed by atoms with Crippen LogP contribution >= 0.6 is 15.9 Å². The van der Waals surface area contributed by atoms with Gasteiger partial charge in [-0.25, -0.2) is 4.79 Å². The van der Waals surface area contributed by atoms with Crippen molar-refractivity contribution in [3.8, 4) is 0 Å². The number of aliphatic carboxylic acids is 1. The Morgan fingerprint density at radius 2 is 2.00 bits per heavy atom. The van der Waals surface area contributed by atoms with Crippen molar-refractivity contribution in [1.29, 1.82) is 0 Å². The molecule has 18 heavy (non-hydrogen) atoms. The number of carboxylic acids is 1. The van der Waals surface area contributed by atoms with Gasteiger partial charge >= 0.3 is 5.97 Å². The maximum absolute atomic E-state index is 11.3. The van der Waals surface area contributed by atoms with Gasteiger partial charge in [0.1, 0.15) is 0 Å². The quantitative estimate of drug-likeness (QED) is 0.793. The van der Waals surface area contributed by atoms with Gasteiger partial charge in [-0.2, -0.15) is 0 Å². The van der Waals surface area contributed by atoms with Crippen LogP contribution in [0.4, 0.5) is 0 Å². The average Bonchev–Trinajstić information content (AvgIpc) is 2.70. The number of fused-ring (bicyclic) bond motifs is 1. The zero-order valence-corrected chi connectivity index (χ0v) is 11.4. The van der Waals surface area contributed by atoms with Crippen LogP contribution in [-0.4, -0.2) is 29.1 Å². The highest BCUT2D eigenvalue weighted by atomic mass is 79.9. The molecular formula is C12H12BrNO4. The minimum absolute atomic E-state index is 0.325. The molecule has 0 aliphatic heterocycles. The van der Waals surface area contributed by atoms with Crippen LogP contribution < -0.4 is 0 Å². The molecule has 0 unspecified atom stereocenters. The molecule has 96 valence electrons. The van der Waals surface area contributed by atoms with Crippen molar-refractivity contribution in [3.63, 3.8) is 0 Å². The summed E-state index contributed by atoms with van der Waals surface area (Å²) < 4.78 is 5.61. The molecular weight excluding hydrogens is 302 g/mol. The normalized spacial score (nSPS) is 9.50. The fourth-order valence-corrected chi connectivity index (χ4v) is 1.73. The molecule has 0 atom stereocenters. The number of rotatable bonds is 1. The molecule has 0 saturated carbocycles. The minimum Gasteiger partial charge on any atom is -0.481 e. The van der Waals surface area contributed by atoms with E-state index in [0.717, 1.165) is 22.3 Å². The number of hydrogen-bond acceptors (Lipinski definition) is 3. The van der Waals surface area contributed by atoms with Gasteiger partial charge in [-0.05, 0) is 18.2 Å². The lowest BCUT2D eigenvalue weighted by atomic mass is 10.2. The Morgan fingerprint density at radius 3 is 2.56 bits per heavy atom. The van der Waals surface area contributed by atoms with Gasteiger partial charge in [-0.3, -0.25) is 4.79 Å². The summed E-state index contributed by atoms with van der Waals surface area (Å²) in [6, 6.07) is 5.71. The molecule has 0 spiro atoms. The van der Waals surface area contributed by atoms with E-state index in [0.29, 0.717) is 5.56 Å². The predicted molar refractivity (Wildman–Crippen MR) is 70.6 cm³/mol. The molecule has 0 aliphatic rings. The highest BCUT2D eigenvalue weighted by molar-refractivity contribution is 9.10. The Kier molecular flexibility index (Phi) is 4.91. The Balaban J connectivity index is 0.000000357. The predicted octanol–water partition coefficient (Wildman–Crippen LogP) is 2.81. The number of carboxylic acid groups (broad SMARTS) is 1. The first kappa shape index (κ1) is 14.2. The monoisotopic (exact) mass is 313 g/mol. The number of aromatic nitrogens is 1. The lowest BCUT2D eigenvalue weighted by molar-refractivity contribution is -0.134. The second kappa shape index (κ2) is 6.20. The first-order valence-corrected chi connectivity index (χ1v) is 5.79. The molecule has 0 radical (unpaired) electrons. The van der Waals surface area contributed by atoms with Crippen molar-refractivity contribution < 1.29 is 19.4 Å². The zero-order valence-electron chi connectivity index (χ0n) is 9.86. The van der Waals surface area contributed by atoms with Crippen LogP contribution in [0.15, 0.2) is 28.9 Å². The second-order valence-corrected chi connectivity index (χ2v) is 4.32. The van der Waals surface area contributed by atoms with Gasteiger partial charge in [0, 0.05) is 28.5 Å². The summed E-state index contributed by atoms with van der Waals surface area (Å²) in [5, 5.41) is 8.28. The number of hydrogen-bond donors (Lipinski definition) is 2. The van der Waals surface area contributed by atoms with Crippen molar-refractivity contribution in [1.82, 2.24) is 4.98 Å². The molecule has 0 saturated heterocycles. The van der Waals surface area contributed by atoms with Crippen molar-refractivity contribution >= 4 is 38.8 Å². The van der Waals surface area contributed by atoms with Crippen LogP contribution in [0.1, 0.15) is 17.3 Å². The smallest absolute Gasteiger partial charge is 0.340 e. The van der Waals surface area contributed by atoms with Crippen molar-refractivity contribution in [2.45, 2.75) is 6.92 Å². The van der Waals surface area contributed by atoms with E-state index in [4.69, 9.17) is 9.90 Å². The number of esters is 1. The van der Waals surface area contributed by atoms with Crippen LogP contribution in [0, 0.1) is 0 Å². The summed E-state index contributed by atoms with van der Waals surface area (Å²) in [5.74, 6) is -1.16. The van der Waals surface area contributed by atoms with E-state index < -0.39 is 5.97 Å². The van der Waals surface area contributed by atoms with Crippen molar-refractivity contribution in [2.24, 2.45) is 0 Å². The molecule has 2 rings (SSSR count). The van der Waals surface area contributed by atoms with Crippen LogP contribution in [0.2, 0.25) is 0 Å². The van der Waals surface area contributed by atoms with Crippen LogP contribution in [0.25, 0.3) is 10.9 Å². The minimum atomic E-state index is -0.833. The van der Waals surface area contributed by atoms with Crippen LogP contribution in [0.3, 0.4) is 0 Å². The summed E-state index contributed by atoms with van der Waals surface area (Å²) in [5.41, 5.74) is 1.48. The fourth-order valence-electron chi connectivity index (χ4n) is 1.37. The van der Waals surface area contributed by atoms with Gasteiger partial charge < -0.3 is 14.8 Å². The Hall–Kier alpha value is -1.82. The third-order valence-corrected chi connectivity index (χ3v) is 2.54. The van der Waals surface area contributed by atoms with Gasteiger partial charge in [0.05, 0.1) is 12.7 Å². The number of H-pyrrole nitrogens is 1. The number of benzene rings is 1. The molecule has 0 amide bonds. The maximum Gasteiger partial charge on any atom is 0.340 e. The third-order valence-electron chi connectivity index (χ3n) is 2.05. The lowest BCUT2D eigenvalue weighted by Crippen LogP contribution is -1.99. The molecule has 0 aliphatic carbocycles. The van der Waals surface area contributed by atoms with Crippen LogP contribution in [0.5, 0.6) is 0 Å². The summed E-state index contributed by atoms with van der Waals surface area (Å²) in [7, 11) is 1.37. The third kappa shape index (κ3) is 3.59. The summed E-state index contributed by atoms with van der Waals surface area (Å²) >= 11 is 3.36. The second-order valence-electron chi connectivity index (χ2n) is 3.40. The molecule has 2 aromatic rings. The molecule has 2 N–H and O–H groups in total. The number of carbonyl (C=O) groups is 2. The molecule has 6 heteroatoms. The maximum atomic E-state index is 11.3. The van der Waals surface area contributed by atoms with E-state index in [1.807, 2.05) is 18.2 Å².